The average molecular weight is 457 g/mol. The largest absolute Gasteiger partial charge is 0.271 e. The first kappa shape index (κ1) is 20.1. The van der Waals surface area contributed by atoms with Crippen LogP contribution >= 0.6 is 21.6 Å². The number of nitriles is 1. The van der Waals surface area contributed by atoms with Gasteiger partial charge in [-0.05, 0) is 34.4 Å². The lowest BCUT2D eigenvalue weighted by Crippen LogP contribution is -1.93. The molecule has 0 unspecified atom stereocenters. The number of hydrogen-bond acceptors (Lipinski definition) is 7. The van der Waals surface area contributed by atoms with Crippen molar-refractivity contribution in [3.05, 3.63) is 114 Å². The van der Waals surface area contributed by atoms with Gasteiger partial charge in [-0.3, -0.25) is 20.2 Å². The zero-order valence-corrected chi connectivity index (χ0v) is 17.8. The highest BCUT2D eigenvalue weighted by atomic mass is 33.1. The van der Waals surface area contributed by atoms with Crippen LogP contribution in [0.5, 0.6) is 0 Å². The number of allylic oxidation sites excluding steroid dienone is 1. The summed E-state index contributed by atoms with van der Waals surface area (Å²) in [5, 5.41) is 32.7. The summed E-state index contributed by atoms with van der Waals surface area (Å²) in [5.41, 5.74) is 3.97. The van der Waals surface area contributed by atoms with Crippen LogP contribution < -0.4 is 0 Å². The zero-order chi connectivity index (χ0) is 22.4. The van der Waals surface area contributed by atoms with Crippen molar-refractivity contribution in [1.82, 2.24) is 0 Å². The van der Waals surface area contributed by atoms with Crippen LogP contribution in [0.3, 0.4) is 0 Å². The summed E-state index contributed by atoms with van der Waals surface area (Å²) in [7, 11) is 3.05. The minimum Gasteiger partial charge on any atom is -0.258 e. The molecule has 0 fully saturated rings. The van der Waals surface area contributed by atoms with E-state index in [1.165, 1.54) is 35.1 Å². The van der Waals surface area contributed by atoms with E-state index < -0.39 is 9.85 Å². The summed E-state index contributed by atoms with van der Waals surface area (Å²) in [5.74, 6) is 0. The van der Waals surface area contributed by atoms with Crippen LogP contribution in [0.4, 0.5) is 11.4 Å². The molecule has 1 heterocycles. The fourth-order valence-corrected chi connectivity index (χ4v) is 6.38. The maximum Gasteiger partial charge on any atom is 0.271 e. The number of nitro benzene ring substituents is 2. The number of rotatable bonds is 3. The molecule has 0 aromatic heterocycles. The molecule has 1 aliphatic heterocycles. The van der Waals surface area contributed by atoms with E-state index in [2.05, 4.69) is 6.07 Å². The average Bonchev–Trinajstić information content (AvgIpc) is 3.41. The van der Waals surface area contributed by atoms with Crippen molar-refractivity contribution in [2.24, 2.45) is 0 Å². The van der Waals surface area contributed by atoms with Crippen LogP contribution in [-0.4, -0.2) is 9.85 Å². The molecule has 3 aromatic carbocycles. The zero-order valence-electron chi connectivity index (χ0n) is 16.1. The van der Waals surface area contributed by atoms with Gasteiger partial charge in [0.05, 0.1) is 15.4 Å². The Morgan fingerprint density at radius 3 is 2.22 bits per heavy atom. The fraction of sp³-hybridized carbons (Fsp3) is 0. The molecule has 9 heteroatoms. The van der Waals surface area contributed by atoms with Gasteiger partial charge < -0.3 is 0 Å². The van der Waals surface area contributed by atoms with Crippen LogP contribution in [0.1, 0.15) is 22.3 Å². The van der Waals surface area contributed by atoms with Gasteiger partial charge in [0.1, 0.15) is 6.07 Å². The summed E-state index contributed by atoms with van der Waals surface area (Å²) in [6.45, 7) is 0. The molecule has 0 N–H and O–H groups in total. The third kappa shape index (κ3) is 3.17. The first-order valence-corrected chi connectivity index (χ1v) is 11.5. The molecule has 0 atom stereocenters. The molecule has 3 aromatic rings. The fourth-order valence-electron chi connectivity index (χ4n) is 3.89. The molecule has 0 saturated heterocycles. The molecule has 7 nitrogen and oxygen atoms in total. The lowest BCUT2D eigenvalue weighted by atomic mass is 9.98. The van der Waals surface area contributed by atoms with Gasteiger partial charge >= 0.3 is 0 Å². The molecule has 0 bridgehead atoms. The van der Waals surface area contributed by atoms with Gasteiger partial charge in [0.2, 0.25) is 0 Å². The summed E-state index contributed by atoms with van der Waals surface area (Å²) in [4.78, 5) is 23.8. The van der Waals surface area contributed by atoms with Gasteiger partial charge in [-0.1, -0.05) is 51.9 Å². The molecule has 2 aliphatic rings. The number of hydrogen-bond donors (Lipinski definition) is 0. The third-order valence-corrected chi connectivity index (χ3v) is 7.71. The number of non-ortho nitro benzene ring substituents is 2. The quantitative estimate of drug-likeness (QED) is 0.195. The smallest absolute Gasteiger partial charge is 0.258 e. The normalized spacial score (nSPS) is 16.2. The van der Waals surface area contributed by atoms with E-state index in [1.54, 1.807) is 16.9 Å². The molecule has 154 valence electrons. The van der Waals surface area contributed by atoms with Gasteiger partial charge in [-0.2, -0.15) is 5.26 Å². The predicted octanol–water partition coefficient (Wildman–Crippen LogP) is 6.55. The molecule has 0 spiro atoms. The van der Waals surface area contributed by atoms with Crippen molar-refractivity contribution in [2.45, 2.75) is 0 Å². The summed E-state index contributed by atoms with van der Waals surface area (Å²) in [6, 6.07) is 19.0. The topological polar surface area (TPSA) is 110 Å². The van der Waals surface area contributed by atoms with Crippen molar-refractivity contribution < 1.29 is 9.85 Å². The highest BCUT2D eigenvalue weighted by Crippen LogP contribution is 2.57. The second kappa shape index (κ2) is 7.67. The Hall–Kier alpha value is -3.87. The first-order chi connectivity index (χ1) is 15.5. The minimum absolute atomic E-state index is 0.0782. The van der Waals surface area contributed by atoms with E-state index in [-0.39, 0.29) is 16.9 Å². The van der Waals surface area contributed by atoms with Crippen molar-refractivity contribution in [2.75, 3.05) is 0 Å². The molecule has 32 heavy (non-hydrogen) atoms. The maximum atomic E-state index is 11.5. The lowest BCUT2D eigenvalue weighted by molar-refractivity contribution is -0.385. The van der Waals surface area contributed by atoms with Crippen molar-refractivity contribution in [3.8, 4) is 17.2 Å². The monoisotopic (exact) mass is 457 g/mol. The Morgan fingerprint density at radius 2 is 1.53 bits per heavy atom. The van der Waals surface area contributed by atoms with Crippen LogP contribution in [0.25, 0.3) is 21.6 Å². The van der Waals surface area contributed by atoms with E-state index in [0.29, 0.717) is 27.8 Å². The van der Waals surface area contributed by atoms with Gasteiger partial charge in [-0.15, -0.1) is 0 Å². The van der Waals surface area contributed by atoms with Crippen LogP contribution in [0.15, 0.2) is 71.6 Å². The van der Waals surface area contributed by atoms with Crippen molar-refractivity contribution in [3.63, 3.8) is 0 Å². The maximum absolute atomic E-state index is 11.5. The standard InChI is InChI=1S/C23H11N3O4S2/c24-12-14-8-16(26(29)30)10-19-22(14)17-7-6-15(25(27)28)9-18(17)23(19)21-11-20(31-32-21)13-4-2-1-3-5-13/h1-11H/b23-21-. The molecular formula is C23H11N3O4S2. The van der Waals surface area contributed by atoms with Crippen molar-refractivity contribution >= 4 is 43.4 Å². The predicted molar refractivity (Wildman–Crippen MR) is 126 cm³/mol. The third-order valence-electron chi connectivity index (χ3n) is 5.26. The van der Waals surface area contributed by atoms with E-state index >= 15 is 0 Å². The van der Waals surface area contributed by atoms with Gasteiger partial charge in [0, 0.05) is 45.2 Å². The molecule has 0 amide bonds. The van der Waals surface area contributed by atoms with Gasteiger partial charge in [0.15, 0.2) is 0 Å². The Bertz CT molecular complexity index is 1440. The SMILES string of the molecule is N#Cc1cc([N+](=O)[O-])cc2c1-c1ccc([N+](=O)[O-])cc1/C2=C1\C=C(c2ccccc2)SS1. The summed E-state index contributed by atoms with van der Waals surface area (Å²) >= 11 is 0. The summed E-state index contributed by atoms with van der Waals surface area (Å²) < 4.78 is 0. The Morgan fingerprint density at radius 1 is 0.812 bits per heavy atom. The highest BCUT2D eigenvalue weighted by molar-refractivity contribution is 8.82. The number of nitrogens with zero attached hydrogens (tertiary/aromatic N) is 3. The molecule has 0 saturated carbocycles. The molecule has 0 radical (unpaired) electrons. The highest BCUT2D eigenvalue weighted by Gasteiger charge is 2.33. The molecular weight excluding hydrogens is 446 g/mol. The van der Waals surface area contributed by atoms with Crippen LogP contribution in [0, 0.1) is 31.6 Å². The Labute approximate surface area is 189 Å². The minimum atomic E-state index is -0.531. The van der Waals surface area contributed by atoms with Crippen LogP contribution in [0.2, 0.25) is 0 Å². The Kier molecular flexibility index (Phi) is 4.81. The first-order valence-electron chi connectivity index (χ1n) is 9.36. The molecule has 1 aliphatic carbocycles. The van der Waals surface area contributed by atoms with Gasteiger partial charge in [0.25, 0.3) is 11.4 Å². The van der Waals surface area contributed by atoms with E-state index in [4.69, 9.17) is 0 Å². The van der Waals surface area contributed by atoms with E-state index in [1.807, 2.05) is 36.4 Å². The van der Waals surface area contributed by atoms with Gasteiger partial charge in [-0.25, -0.2) is 0 Å². The number of nitro groups is 2. The van der Waals surface area contributed by atoms with E-state index in [9.17, 15) is 25.5 Å². The van der Waals surface area contributed by atoms with Crippen molar-refractivity contribution in [1.29, 1.82) is 5.26 Å². The summed E-state index contributed by atoms with van der Waals surface area (Å²) in [6.07, 6.45) is 1.99. The van der Waals surface area contributed by atoms with Crippen LogP contribution in [-0.2, 0) is 0 Å². The second-order valence-corrected chi connectivity index (χ2v) is 9.27. The lowest BCUT2D eigenvalue weighted by Gasteiger charge is -2.06. The number of fused-ring (bicyclic) bond motifs is 3. The second-order valence-electron chi connectivity index (χ2n) is 7.05. The molecule has 5 rings (SSSR count). The number of benzene rings is 3. The Balaban J connectivity index is 1.82. The van der Waals surface area contributed by atoms with E-state index in [0.717, 1.165) is 15.4 Å².